The number of sulfonamides is 1. The summed E-state index contributed by atoms with van der Waals surface area (Å²) in [5.74, 6) is 0. The van der Waals surface area contributed by atoms with Crippen molar-refractivity contribution in [3.05, 3.63) is 70.7 Å². The number of aromatic nitrogens is 1. The van der Waals surface area contributed by atoms with Gasteiger partial charge in [0.2, 0.25) is 10.0 Å². The van der Waals surface area contributed by atoms with Crippen LogP contribution in [0.25, 0.3) is 10.6 Å². The molecule has 4 rings (SSSR count). The number of piperazine rings is 1. The Kier molecular flexibility index (Phi) is 5.83. The van der Waals surface area contributed by atoms with E-state index in [4.69, 9.17) is 4.98 Å². The average molecular weight is 428 g/mol. The third kappa shape index (κ3) is 4.59. The van der Waals surface area contributed by atoms with Crippen molar-refractivity contribution in [2.24, 2.45) is 0 Å². The molecule has 0 bridgehead atoms. The number of hydrogen-bond acceptors (Lipinski definition) is 5. The molecule has 1 saturated heterocycles. The molecule has 0 amide bonds. The lowest BCUT2D eigenvalue weighted by Gasteiger charge is -2.33. The summed E-state index contributed by atoms with van der Waals surface area (Å²) in [7, 11) is -3.42. The lowest BCUT2D eigenvalue weighted by atomic mass is 10.2. The van der Waals surface area contributed by atoms with Crippen LogP contribution in [0.4, 0.5) is 0 Å². The Balaban J connectivity index is 1.37. The lowest BCUT2D eigenvalue weighted by Crippen LogP contribution is -2.48. The molecule has 3 aromatic rings. The molecular weight excluding hydrogens is 402 g/mol. The van der Waals surface area contributed by atoms with Gasteiger partial charge >= 0.3 is 0 Å². The number of aryl methyl sites for hydroxylation is 2. The van der Waals surface area contributed by atoms with E-state index in [2.05, 4.69) is 41.5 Å². The van der Waals surface area contributed by atoms with Gasteiger partial charge in [-0.25, -0.2) is 13.4 Å². The standard InChI is InChI=1S/C22H25N3O2S2/c1-17-3-7-19(8-4-17)22-23-20(16-28-22)15-24-11-13-25(14-12-24)29(26,27)21-9-5-18(2)6-10-21/h3-10,16H,11-15H2,1-2H3. The van der Waals surface area contributed by atoms with Gasteiger partial charge in [-0.3, -0.25) is 4.90 Å². The first kappa shape index (κ1) is 20.2. The van der Waals surface area contributed by atoms with Gasteiger partial charge in [-0.1, -0.05) is 47.5 Å². The third-order valence-corrected chi connectivity index (χ3v) is 8.08. The normalized spacial score (nSPS) is 16.2. The van der Waals surface area contributed by atoms with Gasteiger partial charge in [0.15, 0.2) is 0 Å². The summed E-state index contributed by atoms with van der Waals surface area (Å²) in [6.45, 7) is 7.22. The van der Waals surface area contributed by atoms with Crippen LogP contribution in [0, 0.1) is 13.8 Å². The monoisotopic (exact) mass is 427 g/mol. The fourth-order valence-corrected chi connectivity index (χ4v) is 5.66. The van der Waals surface area contributed by atoms with Crippen LogP contribution in [-0.2, 0) is 16.6 Å². The summed E-state index contributed by atoms with van der Waals surface area (Å²) in [6.07, 6.45) is 0. The molecule has 1 aliphatic heterocycles. The van der Waals surface area contributed by atoms with Crippen LogP contribution in [0.3, 0.4) is 0 Å². The molecule has 0 aliphatic carbocycles. The maximum absolute atomic E-state index is 12.8. The van der Waals surface area contributed by atoms with Gasteiger partial charge < -0.3 is 0 Å². The second-order valence-corrected chi connectivity index (χ2v) is 10.3. The highest BCUT2D eigenvalue weighted by molar-refractivity contribution is 7.89. The molecule has 0 spiro atoms. The summed E-state index contributed by atoms with van der Waals surface area (Å²) in [5, 5.41) is 3.13. The molecule has 0 unspecified atom stereocenters. The van der Waals surface area contributed by atoms with Gasteiger partial charge in [-0.2, -0.15) is 4.31 Å². The highest BCUT2D eigenvalue weighted by atomic mass is 32.2. The predicted octanol–water partition coefficient (Wildman–Crippen LogP) is 3.93. The Morgan fingerprint density at radius 2 is 1.48 bits per heavy atom. The molecule has 0 N–H and O–H groups in total. The van der Waals surface area contributed by atoms with Crippen molar-refractivity contribution in [3.63, 3.8) is 0 Å². The summed E-state index contributed by atoms with van der Waals surface area (Å²) >= 11 is 1.66. The van der Waals surface area contributed by atoms with E-state index in [-0.39, 0.29) is 0 Å². The van der Waals surface area contributed by atoms with Gasteiger partial charge in [-0.15, -0.1) is 11.3 Å². The van der Waals surface area contributed by atoms with E-state index in [0.717, 1.165) is 28.4 Å². The van der Waals surface area contributed by atoms with Crippen LogP contribution < -0.4 is 0 Å². The summed E-state index contributed by atoms with van der Waals surface area (Å²) < 4.78 is 27.3. The van der Waals surface area contributed by atoms with Crippen molar-refractivity contribution >= 4 is 21.4 Å². The van der Waals surface area contributed by atoms with Crippen molar-refractivity contribution in [2.45, 2.75) is 25.3 Å². The number of rotatable bonds is 5. The van der Waals surface area contributed by atoms with E-state index in [1.54, 1.807) is 27.8 Å². The van der Waals surface area contributed by atoms with Crippen molar-refractivity contribution in [2.75, 3.05) is 26.2 Å². The third-order valence-electron chi connectivity index (χ3n) is 5.23. The van der Waals surface area contributed by atoms with E-state index >= 15 is 0 Å². The quantitative estimate of drug-likeness (QED) is 0.619. The zero-order valence-electron chi connectivity index (χ0n) is 16.7. The van der Waals surface area contributed by atoms with Crippen LogP contribution in [0.1, 0.15) is 16.8 Å². The molecule has 1 fully saturated rings. The van der Waals surface area contributed by atoms with E-state index < -0.39 is 10.0 Å². The molecule has 1 aromatic heterocycles. The fraction of sp³-hybridized carbons (Fsp3) is 0.318. The average Bonchev–Trinajstić information content (AvgIpc) is 3.18. The molecule has 5 nitrogen and oxygen atoms in total. The van der Waals surface area contributed by atoms with Crippen molar-refractivity contribution < 1.29 is 8.42 Å². The highest BCUT2D eigenvalue weighted by Gasteiger charge is 2.28. The van der Waals surface area contributed by atoms with Crippen molar-refractivity contribution in [1.82, 2.24) is 14.2 Å². The van der Waals surface area contributed by atoms with E-state index in [1.807, 2.05) is 19.1 Å². The van der Waals surface area contributed by atoms with E-state index in [0.29, 0.717) is 31.1 Å². The van der Waals surface area contributed by atoms with Gasteiger partial charge in [0.05, 0.1) is 10.6 Å². The van der Waals surface area contributed by atoms with E-state index in [9.17, 15) is 8.42 Å². The largest absolute Gasteiger partial charge is 0.295 e. The zero-order chi connectivity index (χ0) is 20.4. The van der Waals surface area contributed by atoms with Crippen LogP contribution in [-0.4, -0.2) is 48.8 Å². The number of nitrogens with zero attached hydrogens (tertiary/aromatic N) is 3. The maximum Gasteiger partial charge on any atom is 0.243 e. The van der Waals surface area contributed by atoms with E-state index in [1.165, 1.54) is 5.56 Å². The summed E-state index contributed by atoms with van der Waals surface area (Å²) in [6, 6.07) is 15.5. The molecule has 0 radical (unpaired) electrons. The van der Waals surface area contributed by atoms with Crippen molar-refractivity contribution in [1.29, 1.82) is 0 Å². The molecule has 0 atom stereocenters. The topological polar surface area (TPSA) is 53.5 Å². The SMILES string of the molecule is Cc1ccc(-c2nc(CN3CCN(S(=O)(=O)c4ccc(C)cc4)CC3)cs2)cc1. The molecular formula is C22H25N3O2S2. The smallest absolute Gasteiger partial charge is 0.243 e. The zero-order valence-corrected chi connectivity index (χ0v) is 18.3. The first-order chi connectivity index (χ1) is 13.9. The van der Waals surface area contributed by atoms with Crippen LogP contribution >= 0.6 is 11.3 Å². The van der Waals surface area contributed by atoms with Crippen LogP contribution in [0.2, 0.25) is 0 Å². The lowest BCUT2D eigenvalue weighted by molar-refractivity contribution is 0.180. The molecule has 2 heterocycles. The molecule has 2 aromatic carbocycles. The van der Waals surface area contributed by atoms with Crippen LogP contribution in [0.15, 0.2) is 58.8 Å². The molecule has 29 heavy (non-hydrogen) atoms. The minimum atomic E-state index is -3.42. The Morgan fingerprint density at radius 1 is 0.897 bits per heavy atom. The molecule has 152 valence electrons. The Morgan fingerprint density at radius 3 is 2.10 bits per heavy atom. The number of hydrogen-bond donors (Lipinski definition) is 0. The molecule has 0 saturated carbocycles. The fourth-order valence-electron chi connectivity index (χ4n) is 3.42. The first-order valence-corrected chi connectivity index (χ1v) is 12.0. The predicted molar refractivity (Wildman–Crippen MR) is 118 cm³/mol. The minimum absolute atomic E-state index is 0.374. The Labute approximate surface area is 176 Å². The van der Waals surface area contributed by atoms with Gasteiger partial charge in [-0.05, 0) is 26.0 Å². The minimum Gasteiger partial charge on any atom is -0.295 e. The summed E-state index contributed by atoms with van der Waals surface area (Å²) in [4.78, 5) is 7.42. The van der Waals surface area contributed by atoms with Crippen molar-refractivity contribution in [3.8, 4) is 10.6 Å². The maximum atomic E-state index is 12.8. The molecule has 7 heteroatoms. The summed E-state index contributed by atoms with van der Waals surface area (Å²) in [5.41, 5.74) is 4.48. The molecule has 1 aliphatic rings. The van der Waals surface area contributed by atoms with Gasteiger partial charge in [0.1, 0.15) is 5.01 Å². The number of benzene rings is 2. The van der Waals surface area contributed by atoms with Crippen LogP contribution in [0.5, 0.6) is 0 Å². The Bertz CT molecular complexity index is 1070. The van der Waals surface area contributed by atoms with Gasteiger partial charge in [0, 0.05) is 43.7 Å². The Hall–Kier alpha value is -2.06. The highest BCUT2D eigenvalue weighted by Crippen LogP contribution is 2.25. The second kappa shape index (κ2) is 8.36. The first-order valence-electron chi connectivity index (χ1n) is 9.72. The second-order valence-electron chi connectivity index (χ2n) is 7.50. The number of thiazole rings is 1. The van der Waals surface area contributed by atoms with Gasteiger partial charge in [0.25, 0.3) is 0 Å².